The van der Waals surface area contributed by atoms with Crippen LogP contribution < -0.4 is 21.7 Å². The molecule has 0 saturated carbocycles. The number of aromatic amines is 1. The van der Waals surface area contributed by atoms with Gasteiger partial charge in [-0.1, -0.05) is 48.0 Å². The number of allylic oxidation sites excluding steroid dienone is 2. The summed E-state index contributed by atoms with van der Waals surface area (Å²) >= 11 is 0. The zero-order valence-electron chi connectivity index (χ0n) is 17.2. The van der Waals surface area contributed by atoms with E-state index in [2.05, 4.69) is 11.1 Å². The van der Waals surface area contributed by atoms with Gasteiger partial charge in [-0.15, -0.1) is 0 Å². The summed E-state index contributed by atoms with van der Waals surface area (Å²) in [5, 5.41) is 1.13. The minimum absolute atomic E-state index is 0.00957. The highest BCUT2D eigenvalue weighted by Crippen LogP contribution is 2.22. The molecular weight excluding hydrogens is 390 g/mol. The largest absolute Gasteiger partial charge is 0.348 e. The van der Waals surface area contributed by atoms with Crippen LogP contribution in [0.15, 0.2) is 73.3 Å². The van der Waals surface area contributed by atoms with Crippen molar-refractivity contribution in [2.75, 3.05) is 0 Å². The Bertz CT molecular complexity index is 1780. The van der Waals surface area contributed by atoms with Crippen LogP contribution in [-0.4, -0.2) is 4.98 Å². The summed E-state index contributed by atoms with van der Waals surface area (Å²) in [6.07, 6.45) is 3.71. The molecule has 0 atom stereocenters. The predicted molar refractivity (Wildman–Crippen MR) is 126 cm³/mol. The number of rotatable bonds is 3. The highest BCUT2D eigenvalue weighted by Gasteiger charge is 2.21. The van der Waals surface area contributed by atoms with Crippen LogP contribution in [0.2, 0.25) is 0 Å². The second-order valence-corrected chi connectivity index (χ2v) is 8.19. The van der Waals surface area contributed by atoms with Gasteiger partial charge in [0.15, 0.2) is 10.9 Å². The van der Waals surface area contributed by atoms with Gasteiger partial charge < -0.3 is 4.98 Å². The van der Waals surface area contributed by atoms with E-state index in [0.29, 0.717) is 5.39 Å². The van der Waals surface area contributed by atoms with E-state index >= 15 is 0 Å². The molecule has 1 N–H and O–H groups in total. The Morgan fingerprint density at radius 3 is 1.90 bits per heavy atom. The van der Waals surface area contributed by atoms with Gasteiger partial charge in [0.2, 0.25) is 10.9 Å². The molecule has 0 aliphatic rings. The first-order valence-corrected chi connectivity index (χ1v) is 10.2. The lowest BCUT2D eigenvalue weighted by Crippen LogP contribution is -2.15. The monoisotopic (exact) mass is 409 g/mol. The van der Waals surface area contributed by atoms with Crippen LogP contribution in [0.25, 0.3) is 43.4 Å². The molecule has 5 heteroatoms. The molecule has 4 aromatic carbocycles. The summed E-state index contributed by atoms with van der Waals surface area (Å²) in [7, 11) is 0. The van der Waals surface area contributed by atoms with E-state index in [4.69, 9.17) is 0 Å². The molecule has 0 bridgehead atoms. The molecule has 5 nitrogen and oxygen atoms in total. The van der Waals surface area contributed by atoms with Crippen molar-refractivity contribution >= 4 is 43.4 Å². The minimum Gasteiger partial charge on any atom is -0.348 e. The average Bonchev–Trinajstić information content (AvgIpc) is 3.17. The fourth-order valence-corrected chi connectivity index (χ4v) is 4.37. The first-order chi connectivity index (χ1) is 14.9. The Kier molecular flexibility index (Phi) is 4.22. The summed E-state index contributed by atoms with van der Waals surface area (Å²) < 4.78 is 0. The lowest BCUT2D eigenvalue weighted by atomic mass is 9.99. The first kappa shape index (κ1) is 19.1. The quantitative estimate of drug-likeness (QED) is 0.459. The standard InChI is InChI=1S/C26H19NO4/c1-13(2)6-5-7-14-10-11-17-18(12-14)26(31)22-20(24(17)29)19-21(27-22)25(30)16-9-4-3-8-15(16)23(19)28/h3-4,6,8-12,27H,5,7H2,1-2H3. The van der Waals surface area contributed by atoms with Crippen LogP contribution in [0.3, 0.4) is 0 Å². The molecule has 0 amide bonds. The molecule has 0 saturated heterocycles. The maximum atomic E-state index is 13.3. The maximum absolute atomic E-state index is 13.3. The third-order valence-corrected chi connectivity index (χ3v) is 5.88. The molecular formula is C26H19NO4. The molecule has 1 heterocycles. The second kappa shape index (κ2) is 6.84. The smallest absolute Gasteiger partial charge is 0.210 e. The minimum atomic E-state index is -0.411. The average molecular weight is 409 g/mol. The van der Waals surface area contributed by atoms with E-state index in [1.807, 2.05) is 19.9 Å². The number of aromatic nitrogens is 1. The Morgan fingerprint density at radius 1 is 0.742 bits per heavy atom. The van der Waals surface area contributed by atoms with Crippen molar-refractivity contribution in [2.24, 2.45) is 0 Å². The third kappa shape index (κ3) is 2.77. The maximum Gasteiger partial charge on any atom is 0.210 e. The van der Waals surface area contributed by atoms with Crippen molar-refractivity contribution in [1.82, 2.24) is 4.98 Å². The van der Waals surface area contributed by atoms with Crippen LogP contribution in [0.5, 0.6) is 0 Å². The molecule has 0 radical (unpaired) electrons. The normalized spacial score (nSPS) is 11.7. The van der Waals surface area contributed by atoms with Gasteiger partial charge in [0.25, 0.3) is 0 Å². The van der Waals surface area contributed by atoms with Crippen molar-refractivity contribution in [3.63, 3.8) is 0 Å². The van der Waals surface area contributed by atoms with Crippen molar-refractivity contribution in [3.05, 3.63) is 101 Å². The van der Waals surface area contributed by atoms with Gasteiger partial charge in [-0.25, -0.2) is 0 Å². The van der Waals surface area contributed by atoms with Crippen LogP contribution in [0, 0.1) is 0 Å². The van der Waals surface area contributed by atoms with E-state index in [9.17, 15) is 19.2 Å². The first-order valence-electron chi connectivity index (χ1n) is 10.2. The SMILES string of the molecule is CC(C)=CCCc1ccc2c(=O)c3c([nH]c4c(=O)c5ccccc5c(=O)c43)c(=O)c2c1. The predicted octanol–water partition coefficient (Wildman–Crippen LogP) is 3.84. The number of hydrogen-bond acceptors (Lipinski definition) is 4. The van der Waals surface area contributed by atoms with Crippen molar-refractivity contribution < 1.29 is 0 Å². The van der Waals surface area contributed by atoms with E-state index in [0.717, 1.165) is 18.4 Å². The Labute approximate surface area is 176 Å². The van der Waals surface area contributed by atoms with Crippen LogP contribution in [-0.2, 0) is 6.42 Å². The molecule has 31 heavy (non-hydrogen) atoms. The van der Waals surface area contributed by atoms with Crippen molar-refractivity contribution in [2.45, 2.75) is 26.7 Å². The topological polar surface area (TPSA) is 84.1 Å². The molecule has 0 aliphatic carbocycles. The summed E-state index contributed by atoms with van der Waals surface area (Å²) in [6.45, 7) is 4.06. The molecule has 0 spiro atoms. The lowest BCUT2D eigenvalue weighted by Gasteiger charge is -2.03. The van der Waals surface area contributed by atoms with Crippen molar-refractivity contribution in [1.29, 1.82) is 0 Å². The van der Waals surface area contributed by atoms with Crippen molar-refractivity contribution in [3.8, 4) is 0 Å². The van der Waals surface area contributed by atoms with E-state index in [-0.39, 0.29) is 48.8 Å². The van der Waals surface area contributed by atoms with Gasteiger partial charge in [0.1, 0.15) is 0 Å². The highest BCUT2D eigenvalue weighted by atomic mass is 16.1. The zero-order chi connectivity index (χ0) is 21.9. The van der Waals surface area contributed by atoms with Gasteiger partial charge in [-0.05, 0) is 38.3 Å². The highest BCUT2D eigenvalue weighted by molar-refractivity contribution is 6.14. The third-order valence-electron chi connectivity index (χ3n) is 5.88. The summed E-state index contributed by atoms with van der Waals surface area (Å²) in [6, 6.07) is 11.7. The van der Waals surface area contributed by atoms with Crippen LogP contribution in [0.1, 0.15) is 25.8 Å². The number of hydrogen-bond donors (Lipinski definition) is 1. The lowest BCUT2D eigenvalue weighted by molar-refractivity contribution is 0.991. The molecule has 0 fully saturated rings. The van der Waals surface area contributed by atoms with E-state index < -0.39 is 10.9 Å². The molecule has 5 aromatic rings. The fraction of sp³-hybridized carbons (Fsp3) is 0.154. The van der Waals surface area contributed by atoms with Crippen LogP contribution >= 0.6 is 0 Å². The number of benzene rings is 4. The summed E-state index contributed by atoms with van der Waals surface area (Å²) in [5.74, 6) is 0. The number of fused-ring (bicyclic) bond motifs is 5. The Morgan fingerprint density at radius 2 is 1.29 bits per heavy atom. The second-order valence-electron chi connectivity index (χ2n) is 8.19. The van der Waals surface area contributed by atoms with E-state index in [1.54, 1.807) is 36.4 Å². The Balaban J connectivity index is 1.89. The summed E-state index contributed by atoms with van der Waals surface area (Å²) in [4.78, 5) is 55.5. The van der Waals surface area contributed by atoms with Crippen LogP contribution in [0.4, 0.5) is 0 Å². The van der Waals surface area contributed by atoms with Gasteiger partial charge in [-0.2, -0.15) is 0 Å². The van der Waals surface area contributed by atoms with Gasteiger partial charge in [-0.3, -0.25) is 19.2 Å². The molecule has 0 aliphatic heterocycles. The molecule has 0 unspecified atom stereocenters. The molecule has 5 rings (SSSR count). The zero-order valence-corrected chi connectivity index (χ0v) is 17.2. The van der Waals surface area contributed by atoms with Gasteiger partial charge >= 0.3 is 0 Å². The number of nitrogens with one attached hydrogen (secondary N) is 1. The fourth-order valence-electron chi connectivity index (χ4n) is 4.37. The molecule has 1 aromatic heterocycles. The molecule has 152 valence electrons. The van der Waals surface area contributed by atoms with Gasteiger partial charge in [0, 0.05) is 21.5 Å². The number of H-pyrrole nitrogens is 1. The van der Waals surface area contributed by atoms with Gasteiger partial charge in [0.05, 0.1) is 21.8 Å². The number of aryl methyl sites for hydroxylation is 1. The summed E-state index contributed by atoms with van der Waals surface area (Å²) in [5.41, 5.74) is 0.659. The Hall–Kier alpha value is -3.86. The van der Waals surface area contributed by atoms with E-state index in [1.165, 1.54) is 5.57 Å².